The summed E-state index contributed by atoms with van der Waals surface area (Å²) < 4.78 is 51.0. The summed E-state index contributed by atoms with van der Waals surface area (Å²) in [5.41, 5.74) is -1.01. The zero-order valence-electron chi connectivity index (χ0n) is 7.61. The second-order valence-electron chi connectivity index (χ2n) is 2.81. The predicted octanol–water partition coefficient (Wildman–Crippen LogP) is 2.05. The van der Waals surface area contributed by atoms with Crippen LogP contribution in [0.5, 0.6) is 5.88 Å². The minimum absolute atomic E-state index is 0.112. The molecule has 0 bridgehead atoms. The Morgan fingerprint density at radius 2 is 2.07 bits per heavy atom. The Kier molecular flexibility index (Phi) is 3.01. The maximum Gasteiger partial charge on any atom is 0.574 e. The maximum absolute atomic E-state index is 12.2. The van der Waals surface area contributed by atoms with Crippen LogP contribution in [-0.4, -0.2) is 11.3 Å². The molecule has 1 aromatic rings. The lowest BCUT2D eigenvalue weighted by atomic mass is 10.2. The highest BCUT2D eigenvalue weighted by Crippen LogP contribution is 2.21. The summed E-state index contributed by atoms with van der Waals surface area (Å²) in [7, 11) is 0. The number of pyridine rings is 1. The third-order valence-corrected chi connectivity index (χ3v) is 1.69. The second-order valence-corrected chi connectivity index (χ2v) is 2.81. The van der Waals surface area contributed by atoms with E-state index in [4.69, 9.17) is 0 Å². The average Bonchev–Trinajstić information content (AvgIpc) is 1.99. The number of aromatic nitrogens is 1. The van der Waals surface area contributed by atoms with Gasteiger partial charge in [0.1, 0.15) is 6.67 Å². The summed E-state index contributed by atoms with van der Waals surface area (Å²) in [6.45, 7) is 0.293. The molecule has 0 radical (unpaired) electrons. The van der Waals surface area contributed by atoms with Gasteiger partial charge in [-0.2, -0.15) is 0 Å². The van der Waals surface area contributed by atoms with E-state index in [9.17, 15) is 22.4 Å². The number of aromatic amines is 1. The largest absolute Gasteiger partial charge is 0.574 e. The summed E-state index contributed by atoms with van der Waals surface area (Å²) in [5.74, 6) is -0.748. The van der Waals surface area contributed by atoms with E-state index in [1.165, 1.54) is 6.92 Å². The number of halogens is 4. The lowest BCUT2D eigenvalue weighted by Crippen LogP contribution is -2.22. The van der Waals surface area contributed by atoms with Crippen molar-refractivity contribution in [1.29, 1.82) is 0 Å². The molecule has 1 N–H and O–H groups in total. The molecule has 0 amide bonds. The normalized spacial score (nSPS) is 11.5. The molecule has 0 aliphatic rings. The lowest BCUT2D eigenvalue weighted by molar-refractivity contribution is -0.276. The van der Waals surface area contributed by atoms with E-state index in [1.807, 2.05) is 0 Å². The van der Waals surface area contributed by atoms with Crippen molar-refractivity contribution in [1.82, 2.24) is 4.98 Å². The van der Waals surface area contributed by atoms with E-state index in [2.05, 4.69) is 4.74 Å². The highest BCUT2D eigenvalue weighted by molar-refractivity contribution is 5.27. The van der Waals surface area contributed by atoms with Gasteiger partial charge in [0, 0.05) is 6.07 Å². The number of ether oxygens (including phenoxy) is 1. The summed E-state index contributed by atoms with van der Waals surface area (Å²) in [4.78, 5) is 12.8. The fourth-order valence-corrected chi connectivity index (χ4v) is 1.03. The number of aryl methyl sites for hydroxylation is 1. The van der Waals surface area contributed by atoms with Crippen molar-refractivity contribution in [2.24, 2.45) is 0 Å². The van der Waals surface area contributed by atoms with Crippen LogP contribution in [0.15, 0.2) is 10.9 Å². The molecule has 0 saturated carbocycles. The topological polar surface area (TPSA) is 42.1 Å². The Bertz CT molecular complexity index is 410. The van der Waals surface area contributed by atoms with Crippen molar-refractivity contribution in [3.8, 4) is 5.88 Å². The van der Waals surface area contributed by atoms with Crippen molar-refractivity contribution >= 4 is 0 Å². The summed E-state index contributed by atoms with van der Waals surface area (Å²) >= 11 is 0. The molecular formula is C8H7F4NO2. The van der Waals surface area contributed by atoms with Gasteiger partial charge in [0.05, 0.1) is 5.56 Å². The first kappa shape index (κ1) is 11.5. The van der Waals surface area contributed by atoms with Crippen LogP contribution in [0.25, 0.3) is 0 Å². The second kappa shape index (κ2) is 3.92. The van der Waals surface area contributed by atoms with E-state index in [-0.39, 0.29) is 11.1 Å². The van der Waals surface area contributed by atoms with Crippen LogP contribution in [-0.2, 0) is 6.67 Å². The molecule has 84 valence electrons. The maximum atomic E-state index is 12.2. The van der Waals surface area contributed by atoms with E-state index in [0.29, 0.717) is 0 Å². The first-order valence-electron chi connectivity index (χ1n) is 3.88. The van der Waals surface area contributed by atoms with Crippen molar-refractivity contribution in [2.45, 2.75) is 20.0 Å². The SMILES string of the molecule is Cc1cc(OC(F)(F)F)[nH]c(=O)c1CF. The number of rotatable bonds is 2. The Morgan fingerprint density at radius 1 is 1.47 bits per heavy atom. The van der Waals surface area contributed by atoms with E-state index >= 15 is 0 Å². The van der Waals surface area contributed by atoms with Gasteiger partial charge in [-0.3, -0.25) is 9.78 Å². The highest BCUT2D eigenvalue weighted by atomic mass is 19.4. The van der Waals surface area contributed by atoms with Gasteiger partial charge in [0.25, 0.3) is 5.56 Å². The van der Waals surface area contributed by atoms with Crippen molar-refractivity contribution < 1.29 is 22.3 Å². The minimum atomic E-state index is -4.88. The standard InChI is InChI=1S/C8H7F4NO2/c1-4-2-6(15-8(10,11)12)13-7(14)5(4)3-9/h2H,3H2,1H3,(H,13,14). The van der Waals surface area contributed by atoms with Crippen LogP contribution in [0.1, 0.15) is 11.1 Å². The summed E-state index contributed by atoms with van der Waals surface area (Å²) in [5, 5.41) is 0. The van der Waals surface area contributed by atoms with Gasteiger partial charge in [-0.25, -0.2) is 4.39 Å². The number of nitrogens with one attached hydrogen (secondary N) is 1. The fraction of sp³-hybridized carbons (Fsp3) is 0.375. The minimum Gasteiger partial charge on any atom is -0.390 e. The molecule has 1 aromatic heterocycles. The monoisotopic (exact) mass is 225 g/mol. The fourth-order valence-electron chi connectivity index (χ4n) is 1.03. The lowest BCUT2D eigenvalue weighted by Gasteiger charge is -2.09. The van der Waals surface area contributed by atoms with Gasteiger partial charge < -0.3 is 4.74 Å². The van der Waals surface area contributed by atoms with E-state index in [1.54, 1.807) is 4.98 Å². The molecule has 0 atom stereocenters. The third kappa shape index (κ3) is 2.97. The molecule has 0 aliphatic carbocycles. The molecule has 7 heteroatoms. The van der Waals surface area contributed by atoms with Crippen LogP contribution in [0.3, 0.4) is 0 Å². The molecule has 0 aromatic carbocycles. The van der Waals surface area contributed by atoms with E-state index < -0.39 is 24.5 Å². The molecule has 1 heterocycles. The van der Waals surface area contributed by atoms with Gasteiger partial charge >= 0.3 is 6.36 Å². The van der Waals surface area contributed by atoms with Crippen LogP contribution < -0.4 is 10.3 Å². The predicted molar refractivity (Wildman–Crippen MR) is 43.3 cm³/mol. The van der Waals surface area contributed by atoms with Gasteiger partial charge in [-0.15, -0.1) is 13.2 Å². The van der Waals surface area contributed by atoms with Crippen LogP contribution >= 0.6 is 0 Å². The number of hydrogen-bond acceptors (Lipinski definition) is 2. The smallest absolute Gasteiger partial charge is 0.390 e. The Labute approximate surface area is 81.7 Å². The van der Waals surface area contributed by atoms with Crippen LogP contribution in [0, 0.1) is 6.92 Å². The first-order valence-corrected chi connectivity index (χ1v) is 3.88. The average molecular weight is 225 g/mol. The quantitative estimate of drug-likeness (QED) is 0.782. The molecule has 3 nitrogen and oxygen atoms in total. The highest BCUT2D eigenvalue weighted by Gasteiger charge is 2.31. The number of H-pyrrole nitrogens is 1. The van der Waals surface area contributed by atoms with Gasteiger partial charge in [-0.05, 0) is 12.5 Å². The molecule has 0 aliphatic heterocycles. The first-order chi connectivity index (χ1) is 6.83. The number of hydrogen-bond donors (Lipinski definition) is 1. The summed E-state index contributed by atoms with van der Waals surface area (Å²) in [6.07, 6.45) is -4.88. The van der Waals surface area contributed by atoms with Gasteiger partial charge in [-0.1, -0.05) is 0 Å². The molecule has 0 saturated heterocycles. The third-order valence-electron chi connectivity index (χ3n) is 1.69. The molecule has 1 rings (SSSR count). The van der Waals surface area contributed by atoms with Crippen LogP contribution in [0.4, 0.5) is 17.6 Å². The van der Waals surface area contributed by atoms with E-state index in [0.717, 1.165) is 6.07 Å². The Hall–Kier alpha value is -1.53. The molecule has 15 heavy (non-hydrogen) atoms. The van der Waals surface area contributed by atoms with Crippen molar-refractivity contribution in [2.75, 3.05) is 0 Å². The zero-order chi connectivity index (χ0) is 11.6. The van der Waals surface area contributed by atoms with Crippen LogP contribution in [0.2, 0.25) is 0 Å². The molecular weight excluding hydrogens is 218 g/mol. The van der Waals surface area contributed by atoms with Gasteiger partial charge in [0.2, 0.25) is 5.88 Å². The molecule has 0 fully saturated rings. The Morgan fingerprint density at radius 3 is 2.47 bits per heavy atom. The number of alkyl halides is 4. The summed E-state index contributed by atoms with van der Waals surface area (Å²) in [6, 6.07) is 0.920. The van der Waals surface area contributed by atoms with Crippen molar-refractivity contribution in [3.05, 3.63) is 27.5 Å². The molecule has 0 unspecified atom stereocenters. The van der Waals surface area contributed by atoms with Crippen molar-refractivity contribution in [3.63, 3.8) is 0 Å². The zero-order valence-corrected chi connectivity index (χ0v) is 7.61. The Balaban J connectivity index is 3.10. The van der Waals surface area contributed by atoms with Gasteiger partial charge in [0.15, 0.2) is 0 Å². The molecule has 0 spiro atoms.